The summed E-state index contributed by atoms with van der Waals surface area (Å²) in [5.41, 5.74) is 0.965. The minimum atomic E-state index is 0.466. The first-order valence-corrected chi connectivity index (χ1v) is 3.76. The molecular weight excluding hydrogens is 152 g/mol. The van der Waals surface area contributed by atoms with E-state index in [1.807, 2.05) is 26.2 Å². The fourth-order valence-electron chi connectivity index (χ4n) is 0.615. The standard InChI is InChI=1S/C7H7NO.C2H7N/c9-5-3-7-2-1-4-8-6-7;1-3-2/h1-2,4-6H,3H2;3H,1-2H3. The molecule has 0 aromatic carbocycles. The van der Waals surface area contributed by atoms with Crippen molar-refractivity contribution in [2.45, 2.75) is 6.42 Å². The summed E-state index contributed by atoms with van der Waals surface area (Å²) < 4.78 is 0. The molecule has 1 aromatic rings. The molecule has 1 rings (SSSR count). The minimum absolute atomic E-state index is 0.466. The number of rotatable bonds is 2. The van der Waals surface area contributed by atoms with Crippen LogP contribution in [0.4, 0.5) is 0 Å². The highest BCUT2D eigenvalue weighted by Crippen LogP contribution is 1.92. The molecule has 1 heterocycles. The topological polar surface area (TPSA) is 42.0 Å². The van der Waals surface area contributed by atoms with E-state index in [4.69, 9.17) is 0 Å². The van der Waals surface area contributed by atoms with Crippen LogP contribution in [0.3, 0.4) is 0 Å². The molecule has 0 saturated carbocycles. The predicted octanol–water partition coefficient (Wildman–Crippen LogP) is 0.659. The second-order valence-corrected chi connectivity index (χ2v) is 2.23. The summed E-state index contributed by atoms with van der Waals surface area (Å²) in [4.78, 5) is 13.8. The highest BCUT2D eigenvalue weighted by atomic mass is 16.1. The van der Waals surface area contributed by atoms with Crippen LogP contribution in [0.1, 0.15) is 5.56 Å². The molecular formula is C9H14N2O. The molecule has 0 fully saturated rings. The Bertz CT molecular complexity index is 199. The monoisotopic (exact) mass is 166 g/mol. The van der Waals surface area contributed by atoms with Gasteiger partial charge in [0.05, 0.1) is 0 Å². The molecule has 0 aliphatic heterocycles. The Morgan fingerprint density at radius 2 is 2.25 bits per heavy atom. The zero-order valence-electron chi connectivity index (χ0n) is 7.45. The van der Waals surface area contributed by atoms with Crippen LogP contribution in [0.2, 0.25) is 0 Å². The van der Waals surface area contributed by atoms with Gasteiger partial charge in [0.1, 0.15) is 6.29 Å². The van der Waals surface area contributed by atoms with Crippen molar-refractivity contribution in [1.29, 1.82) is 0 Å². The Hall–Kier alpha value is -1.22. The van der Waals surface area contributed by atoms with Gasteiger partial charge < -0.3 is 10.1 Å². The molecule has 0 spiro atoms. The highest BCUT2D eigenvalue weighted by Gasteiger charge is 1.85. The number of carbonyl (C=O) groups excluding carboxylic acids is 1. The Morgan fingerprint density at radius 1 is 1.58 bits per heavy atom. The maximum absolute atomic E-state index is 9.95. The van der Waals surface area contributed by atoms with E-state index in [-0.39, 0.29) is 0 Å². The van der Waals surface area contributed by atoms with Gasteiger partial charge in [-0.2, -0.15) is 0 Å². The fraction of sp³-hybridized carbons (Fsp3) is 0.333. The van der Waals surface area contributed by atoms with Crippen molar-refractivity contribution in [2.75, 3.05) is 14.1 Å². The van der Waals surface area contributed by atoms with Crippen molar-refractivity contribution in [1.82, 2.24) is 10.3 Å². The normalized spacial score (nSPS) is 8.17. The number of pyridine rings is 1. The van der Waals surface area contributed by atoms with Gasteiger partial charge in [-0.15, -0.1) is 0 Å². The third-order valence-corrected chi connectivity index (χ3v) is 1.04. The van der Waals surface area contributed by atoms with E-state index in [2.05, 4.69) is 10.3 Å². The van der Waals surface area contributed by atoms with Gasteiger partial charge in [-0.3, -0.25) is 4.98 Å². The molecule has 0 saturated heterocycles. The lowest BCUT2D eigenvalue weighted by Gasteiger charge is -1.88. The van der Waals surface area contributed by atoms with Crippen LogP contribution in [-0.4, -0.2) is 25.4 Å². The summed E-state index contributed by atoms with van der Waals surface area (Å²) in [6.07, 6.45) is 4.72. The Morgan fingerprint density at radius 3 is 2.67 bits per heavy atom. The van der Waals surface area contributed by atoms with E-state index in [1.54, 1.807) is 12.4 Å². The van der Waals surface area contributed by atoms with Gasteiger partial charge in [-0.05, 0) is 25.7 Å². The average molecular weight is 166 g/mol. The predicted molar refractivity (Wildman–Crippen MR) is 49.0 cm³/mol. The maximum atomic E-state index is 9.95. The van der Waals surface area contributed by atoms with Crippen molar-refractivity contribution in [3.8, 4) is 0 Å². The quantitative estimate of drug-likeness (QED) is 0.656. The SMILES string of the molecule is CNC.O=CCc1cccnc1. The van der Waals surface area contributed by atoms with Gasteiger partial charge in [0, 0.05) is 18.8 Å². The number of aromatic nitrogens is 1. The van der Waals surface area contributed by atoms with Crippen LogP contribution in [0.15, 0.2) is 24.5 Å². The van der Waals surface area contributed by atoms with Crippen LogP contribution in [0.5, 0.6) is 0 Å². The number of hydrogen-bond acceptors (Lipinski definition) is 3. The molecule has 3 nitrogen and oxygen atoms in total. The highest BCUT2D eigenvalue weighted by molar-refractivity contribution is 5.54. The molecule has 0 unspecified atom stereocenters. The average Bonchev–Trinajstić information content (AvgIpc) is 2.08. The second kappa shape index (κ2) is 7.88. The van der Waals surface area contributed by atoms with E-state index in [9.17, 15) is 4.79 Å². The number of hydrogen-bond donors (Lipinski definition) is 1. The lowest BCUT2D eigenvalue weighted by molar-refractivity contribution is -0.107. The molecule has 1 N–H and O–H groups in total. The summed E-state index contributed by atoms with van der Waals surface area (Å²) in [5, 5.41) is 2.75. The Labute approximate surface area is 72.8 Å². The molecule has 12 heavy (non-hydrogen) atoms. The molecule has 0 aliphatic carbocycles. The van der Waals surface area contributed by atoms with Crippen molar-refractivity contribution in [2.24, 2.45) is 0 Å². The zero-order valence-corrected chi connectivity index (χ0v) is 7.45. The van der Waals surface area contributed by atoms with Gasteiger partial charge in [-0.25, -0.2) is 0 Å². The van der Waals surface area contributed by atoms with Crippen molar-refractivity contribution < 1.29 is 4.79 Å². The van der Waals surface area contributed by atoms with E-state index in [1.165, 1.54) is 0 Å². The van der Waals surface area contributed by atoms with Crippen molar-refractivity contribution >= 4 is 6.29 Å². The lowest BCUT2D eigenvalue weighted by atomic mass is 10.2. The fourth-order valence-corrected chi connectivity index (χ4v) is 0.615. The molecule has 66 valence electrons. The minimum Gasteiger partial charge on any atom is -0.323 e. The third-order valence-electron chi connectivity index (χ3n) is 1.04. The number of aldehydes is 1. The van der Waals surface area contributed by atoms with E-state index >= 15 is 0 Å². The molecule has 0 bridgehead atoms. The summed E-state index contributed by atoms with van der Waals surface area (Å²) in [5.74, 6) is 0. The van der Waals surface area contributed by atoms with Crippen LogP contribution in [0, 0.1) is 0 Å². The Kier molecular flexibility index (Phi) is 7.08. The molecule has 0 atom stereocenters. The summed E-state index contributed by atoms with van der Waals surface area (Å²) in [6, 6.07) is 3.69. The number of nitrogens with zero attached hydrogens (tertiary/aromatic N) is 1. The van der Waals surface area contributed by atoms with Crippen molar-refractivity contribution in [3.63, 3.8) is 0 Å². The van der Waals surface area contributed by atoms with Crippen LogP contribution in [0.25, 0.3) is 0 Å². The summed E-state index contributed by atoms with van der Waals surface area (Å²) in [7, 11) is 3.75. The van der Waals surface area contributed by atoms with Gasteiger partial charge in [0.25, 0.3) is 0 Å². The van der Waals surface area contributed by atoms with E-state index < -0.39 is 0 Å². The molecule has 0 amide bonds. The first-order chi connectivity index (χ1) is 5.85. The first-order valence-electron chi connectivity index (χ1n) is 3.76. The van der Waals surface area contributed by atoms with Crippen LogP contribution in [-0.2, 0) is 11.2 Å². The van der Waals surface area contributed by atoms with Crippen molar-refractivity contribution in [3.05, 3.63) is 30.1 Å². The Balaban J connectivity index is 0.000000354. The number of nitrogens with one attached hydrogen (secondary N) is 1. The van der Waals surface area contributed by atoms with Crippen LogP contribution >= 0.6 is 0 Å². The first kappa shape index (κ1) is 10.8. The van der Waals surface area contributed by atoms with Gasteiger partial charge in [0.2, 0.25) is 0 Å². The van der Waals surface area contributed by atoms with E-state index in [0.717, 1.165) is 11.8 Å². The molecule has 0 aliphatic rings. The maximum Gasteiger partial charge on any atom is 0.124 e. The zero-order chi connectivity index (χ0) is 9.23. The smallest absolute Gasteiger partial charge is 0.124 e. The summed E-state index contributed by atoms with van der Waals surface area (Å²) >= 11 is 0. The van der Waals surface area contributed by atoms with Gasteiger partial charge >= 0.3 is 0 Å². The van der Waals surface area contributed by atoms with Crippen LogP contribution < -0.4 is 5.32 Å². The van der Waals surface area contributed by atoms with Gasteiger partial charge in [0.15, 0.2) is 0 Å². The largest absolute Gasteiger partial charge is 0.323 e. The summed E-state index contributed by atoms with van der Waals surface area (Å²) in [6.45, 7) is 0. The molecule has 1 aromatic heterocycles. The third kappa shape index (κ3) is 5.56. The molecule has 0 radical (unpaired) electrons. The second-order valence-electron chi connectivity index (χ2n) is 2.23. The number of carbonyl (C=O) groups is 1. The van der Waals surface area contributed by atoms with Gasteiger partial charge in [-0.1, -0.05) is 6.07 Å². The van der Waals surface area contributed by atoms with E-state index in [0.29, 0.717) is 6.42 Å². The molecule has 3 heteroatoms. The lowest BCUT2D eigenvalue weighted by Crippen LogP contribution is -1.89.